The molecule has 0 aliphatic rings. The highest BCUT2D eigenvalue weighted by Crippen LogP contribution is 2.07. The molecule has 0 saturated carbocycles. The minimum atomic E-state index is -0.144. The average molecular weight is 794 g/mol. The number of alkyl halides is 1. The Balaban J connectivity index is 3.09. The number of hydrogen-bond donors (Lipinski definition) is 0. The molecule has 0 aromatic rings. The molecule has 0 aromatic heterocycles. The van der Waals surface area contributed by atoms with Crippen LogP contribution in [-0.2, 0) is 66.4 Å². The molecule has 0 N–H and O–H groups in total. The van der Waals surface area contributed by atoms with Crippen molar-refractivity contribution in [3.8, 4) is 0 Å². The number of unbranched alkanes of at least 4 members (excludes halogenated alkanes) is 5. The van der Waals surface area contributed by atoms with E-state index in [1.807, 2.05) is 0 Å². The van der Waals surface area contributed by atoms with E-state index in [4.69, 9.17) is 61.6 Å². The maximum Gasteiger partial charge on any atom is 0.305 e. The summed E-state index contributed by atoms with van der Waals surface area (Å²) in [6.45, 7) is 14.8. The molecule has 0 bridgehead atoms. The van der Waals surface area contributed by atoms with Gasteiger partial charge in [-0.1, -0.05) is 55.0 Å². The number of ether oxygens (including phenoxy) is 13. The summed E-state index contributed by atoms with van der Waals surface area (Å²) in [7, 11) is 0. The van der Waals surface area contributed by atoms with E-state index >= 15 is 0 Å². The summed E-state index contributed by atoms with van der Waals surface area (Å²) in [6, 6.07) is 0. The first-order chi connectivity index (χ1) is 24.8. The summed E-state index contributed by atoms with van der Waals surface area (Å²) in [5.74, 6) is -0.144. The van der Waals surface area contributed by atoms with Gasteiger partial charge in [-0.15, -0.1) is 0 Å². The molecule has 0 unspecified atom stereocenters. The van der Waals surface area contributed by atoms with Crippen LogP contribution in [0.1, 0.15) is 51.9 Å². The van der Waals surface area contributed by atoms with Gasteiger partial charge < -0.3 is 61.6 Å². The van der Waals surface area contributed by atoms with E-state index in [9.17, 15) is 4.79 Å². The fraction of sp³-hybridized carbons (Fsp3) is 0.971. The fourth-order valence-corrected chi connectivity index (χ4v) is 4.14. The molecule has 0 amide bonds. The second-order valence-corrected chi connectivity index (χ2v) is 11.6. The quantitative estimate of drug-likeness (QED) is 0.0501. The van der Waals surface area contributed by atoms with Crippen molar-refractivity contribution in [2.24, 2.45) is 0 Å². The third-order valence-corrected chi connectivity index (χ3v) is 6.86. The fourth-order valence-electron chi connectivity index (χ4n) is 3.91. The zero-order valence-corrected chi connectivity index (χ0v) is 32.5. The molecule has 14 nitrogen and oxygen atoms in total. The van der Waals surface area contributed by atoms with Crippen LogP contribution in [0.2, 0.25) is 0 Å². The van der Waals surface area contributed by atoms with Crippen LogP contribution in [-0.4, -0.2) is 176 Å². The molecule has 0 spiro atoms. The van der Waals surface area contributed by atoms with Gasteiger partial charge in [-0.25, -0.2) is 0 Å². The lowest BCUT2D eigenvalue weighted by Crippen LogP contribution is -2.15. The number of halogens is 1. The average Bonchev–Trinajstić information content (AvgIpc) is 3.12. The van der Waals surface area contributed by atoms with Crippen molar-refractivity contribution < 1.29 is 66.4 Å². The normalized spacial score (nSPS) is 11.5. The molecule has 0 aliphatic carbocycles. The van der Waals surface area contributed by atoms with Gasteiger partial charge in [0.2, 0.25) is 0 Å². The molecule has 0 atom stereocenters. The largest absolute Gasteiger partial charge is 0.463 e. The summed E-state index contributed by atoms with van der Waals surface area (Å²) in [5.41, 5.74) is 0. The molecule has 0 heterocycles. The van der Waals surface area contributed by atoms with Crippen LogP contribution in [0.3, 0.4) is 0 Å². The number of esters is 1. The van der Waals surface area contributed by atoms with Crippen molar-refractivity contribution in [3.05, 3.63) is 0 Å². The highest BCUT2D eigenvalue weighted by molar-refractivity contribution is 9.09. The van der Waals surface area contributed by atoms with Crippen molar-refractivity contribution >= 4 is 21.9 Å². The molecule has 0 saturated heterocycles. The maximum atomic E-state index is 11.7. The zero-order valence-electron chi connectivity index (χ0n) is 30.9. The summed E-state index contributed by atoms with van der Waals surface area (Å²) < 4.78 is 70.5. The first kappa shape index (κ1) is 49.5. The Labute approximate surface area is 310 Å². The Kier molecular flexibility index (Phi) is 46.0. The molecule has 15 heteroatoms. The summed E-state index contributed by atoms with van der Waals surface area (Å²) >= 11 is 3.30. The van der Waals surface area contributed by atoms with Crippen LogP contribution in [0.25, 0.3) is 0 Å². The molecule has 0 fully saturated rings. The predicted octanol–water partition coefficient (Wildman–Crippen LogP) is 3.87. The molecule has 50 heavy (non-hydrogen) atoms. The van der Waals surface area contributed by atoms with Gasteiger partial charge in [0.25, 0.3) is 0 Å². The molecular weight excluding hydrogens is 724 g/mol. The van der Waals surface area contributed by atoms with Crippen molar-refractivity contribution in [1.29, 1.82) is 0 Å². The van der Waals surface area contributed by atoms with Gasteiger partial charge in [-0.2, -0.15) is 0 Å². The highest BCUT2D eigenvalue weighted by atomic mass is 79.9. The minimum Gasteiger partial charge on any atom is -0.463 e. The Bertz CT molecular complexity index is 638. The maximum absolute atomic E-state index is 11.7. The zero-order chi connectivity index (χ0) is 36.1. The van der Waals surface area contributed by atoms with Crippen LogP contribution in [0.4, 0.5) is 0 Å². The van der Waals surface area contributed by atoms with E-state index in [2.05, 4.69) is 22.9 Å². The summed E-state index contributed by atoms with van der Waals surface area (Å²) in [5, 5.41) is 0.835. The van der Waals surface area contributed by atoms with Crippen molar-refractivity contribution in [1.82, 2.24) is 0 Å². The Morgan fingerprint density at radius 3 is 0.860 bits per heavy atom. The Hall–Kier alpha value is -0.530. The van der Waals surface area contributed by atoms with Crippen molar-refractivity contribution in [2.45, 2.75) is 51.9 Å². The minimum absolute atomic E-state index is 0.144. The Morgan fingerprint density at radius 2 is 0.580 bits per heavy atom. The third-order valence-electron chi connectivity index (χ3n) is 6.54. The van der Waals surface area contributed by atoms with Gasteiger partial charge in [0.05, 0.1) is 159 Å². The van der Waals surface area contributed by atoms with E-state index in [-0.39, 0.29) is 12.6 Å². The standard InChI is InChI=1S/C35H69BrO14/c1-2-3-4-5-6-7-8-35(37)50-34-33-49-32-31-48-30-29-47-28-27-46-26-25-45-24-23-44-22-21-43-20-19-42-18-17-41-16-15-40-14-13-39-12-11-38-10-9-36/h2-34H2,1H3. The molecule has 0 rings (SSSR count). The molecule has 0 radical (unpaired) electrons. The van der Waals surface area contributed by atoms with Gasteiger partial charge in [-0.05, 0) is 6.42 Å². The van der Waals surface area contributed by atoms with E-state index in [0.29, 0.717) is 165 Å². The third kappa shape index (κ3) is 45.5. The topological polar surface area (TPSA) is 137 Å². The molecule has 300 valence electrons. The van der Waals surface area contributed by atoms with E-state index in [0.717, 1.165) is 18.2 Å². The monoisotopic (exact) mass is 792 g/mol. The Morgan fingerprint density at radius 1 is 0.340 bits per heavy atom. The van der Waals surface area contributed by atoms with E-state index in [1.165, 1.54) is 25.7 Å². The van der Waals surface area contributed by atoms with E-state index in [1.54, 1.807) is 0 Å². The van der Waals surface area contributed by atoms with Gasteiger partial charge in [0.1, 0.15) is 6.61 Å². The van der Waals surface area contributed by atoms with Crippen LogP contribution >= 0.6 is 15.9 Å². The van der Waals surface area contributed by atoms with Gasteiger partial charge in [-0.3, -0.25) is 4.79 Å². The second-order valence-electron chi connectivity index (χ2n) is 10.8. The summed E-state index contributed by atoms with van der Waals surface area (Å²) in [4.78, 5) is 11.7. The first-order valence-corrected chi connectivity index (χ1v) is 19.6. The van der Waals surface area contributed by atoms with Crippen LogP contribution < -0.4 is 0 Å². The first-order valence-electron chi connectivity index (χ1n) is 18.5. The number of carbonyl (C=O) groups is 1. The lowest BCUT2D eigenvalue weighted by Gasteiger charge is -2.09. The second kappa shape index (κ2) is 46.5. The van der Waals surface area contributed by atoms with E-state index < -0.39 is 0 Å². The highest BCUT2D eigenvalue weighted by Gasteiger charge is 2.03. The number of carbonyl (C=O) groups excluding carboxylic acids is 1. The van der Waals surface area contributed by atoms with Gasteiger partial charge in [0.15, 0.2) is 0 Å². The van der Waals surface area contributed by atoms with Gasteiger partial charge >= 0.3 is 5.97 Å². The number of rotatable bonds is 45. The van der Waals surface area contributed by atoms with Crippen LogP contribution in [0, 0.1) is 0 Å². The predicted molar refractivity (Wildman–Crippen MR) is 193 cm³/mol. The van der Waals surface area contributed by atoms with Crippen molar-refractivity contribution in [3.63, 3.8) is 0 Å². The lowest BCUT2D eigenvalue weighted by molar-refractivity contribution is -0.145. The molecule has 0 aromatic carbocycles. The SMILES string of the molecule is CCCCCCCCC(=O)OCCOCCOCCOCCOCCOCCOCCOCCOCCOCCOCCOCCOCCBr. The van der Waals surface area contributed by atoms with Crippen molar-refractivity contribution in [2.75, 3.05) is 171 Å². The lowest BCUT2D eigenvalue weighted by atomic mass is 10.1. The summed E-state index contributed by atoms with van der Waals surface area (Å²) in [6.07, 6.45) is 7.42. The molecular formula is C35H69BrO14. The molecule has 0 aliphatic heterocycles. The van der Waals surface area contributed by atoms with Crippen LogP contribution in [0.15, 0.2) is 0 Å². The number of hydrogen-bond acceptors (Lipinski definition) is 14. The van der Waals surface area contributed by atoms with Crippen LogP contribution in [0.5, 0.6) is 0 Å². The smallest absolute Gasteiger partial charge is 0.305 e. The van der Waals surface area contributed by atoms with Gasteiger partial charge in [0, 0.05) is 11.8 Å².